The van der Waals surface area contributed by atoms with E-state index in [0.29, 0.717) is 12.5 Å². The summed E-state index contributed by atoms with van der Waals surface area (Å²) >= 11 is 0. The summed E-state index contributed by atoms with van der Waals surface area (Å²) in [5.41, 5.74) is -0.656. The van der Waals surface area contributed by atoms with Gasteiger partial charge in [-0.3, -0.25) is 4.99 Å². The summed E-state index contributed by atoms with van der Waals surface area (Å²) in [6.45, 7) is 14.5. The van der Waals surface area contributed by atoms with Crippen LogP contribution in [0.5, 0.6) is 0 Å². The number of hydrogen-bond donors (Lipinski definition) is 3. The third kappa shape index (κ3) is 7.84. The summed E-state index contributed by atoms with van der Waals surface area (Å²) in [4.78, 5) is 7.22. The van der Waals surface area contributed by atoms with Crippen LogP contribution < -0.4 is 10.6 Å². The molecule has 1 fully saturated rings. The van der Waals surface area contributed by atoms with Gasteiger partial charge in [-0.05, 0) is 51.6 Å². The van der Waals surface area contributed by atoms with E-state index in [1.165, 1.54) is 32.5 Å². The topological polar surface area (TPSA) is 59.9 Å². The Morgan fingerprint density at radius 1 is 1.12 bits per heavy atom. The van der Waals surface area contributed by atoms with Gasteiger partial charge in [0.05, 0.1) is 12.1 Å². The highest BCUT2D eigenvalue weighted by molar-refractivity contribution is 5.79. The van der Waals surface area contributed by atoms with Crippen molar-refractivity contribution in [1.82, 2.24) is 15.5 Å². The van der Waals surface area contributed by atoms with Crippen molar-refractivity contribution in [2.75, 3.05) is 39.3 Å². The average molecular weight is 341 g/mol. The zero-order valence-electron chi connectivity index (χ0n) is 16.4. The Morgan fingerprint density at radius 3 is 2.42 bits per heavy atom. The van der Waals surface area contributed by atoms with Crippen LogP contribution in [0.4, 0.5) is 0 Å². The van der Waals surface area contributed by atoms with E-state index in [4.69, 9.17) is 0 Å². The lowest BCUT2D eigenvalue weighted by Gasteiger charge is -2.26. The monoisotopic (exact) mass is 340 g/mol. The Bertz CT molecular complexity index is 353. The van der Waals surface area contributed by atoms with Crippen molar-refractivity contribution >= 4 is 5.96 Å². The molecule has 0 radical (unpaired) electrons. The second-order valence-electron chi connectivity index (χ2n) is 7.26. The maximum atomic E-state index is 10.7. The molecule has 5 heteroatoms. The van der Waals surface area contributed by atoms with Crippen LogP contribution in [0.1, 0.15) is 66.2 Å². The summed E-state index contributed by atoms with van der Waals surface area (Å²) in [5.74, 6) is 1.54. The van der Waals surface area contributed by atoms with Gasteiger partial charge in [0, 0.05) is 19.6 Å². The first-order valence-corrected chi connectivity index (χ1v) is 10.0. The van der Waals surface area contributed by atoms with Crippen LogP contribution in [0.15, 0.2) is 4.99 Å². The Labute approximate surface area is 149 Å². The second-order valence-corrected chi connectivity index (χ2v) is 7.26. The zero-order chi connectivity index (χ0) is 17.8. The smallest absolute Gasteiger partial charge is 0.191 e. The lowest BCUT2D eigenvalue weighted by atomic mass is 9.93. The fourth-order valence-corrected chi connectivity index (χ4v) is 3.62. The Hall–Kier alpha value is -0.810. The molecular weight excluding hydrogens is 300 g/mol. The number of likely N-dealkylation sites (tertiary alicyclic amines) is 1. The Balaban J connectivity index is 2.50. The molecule has 0 amide bonds. The van der Waals surface area contributed by atoms with E-state index in [0.717, 1.165) is 44.7 Å². The van der Waals surface area contributed by atoms with Crippen molar-refractivity contribution in [3.8, 4) is 0 Å². The lowest BCUT2D eigenvalue weighted by molar-refractivity contribution is 0.0306. The molecule has 142 valence electrons. The molecule has 1 unspecified atom stereocenters. The SMILES string of the molecule is CCCN1CCC(CNC(=NCC(O)(CCC)CCC)NCC)C1. The molecule has 3 N–H and O–H groups in total. The van der Waals surface area contributed by atoms with Crippen LogP contribution in [-0.4, -0.2) is 60.8 Å². The fourth-order valence-electron chi connectivity index (χ4n) is 3.62. The molecule has 5 nitrogen and oxygen atoms in total. The molecule has 24 heavy (non-hydrogen) atoms. The highest BCUT2D eigenvalue weighted by Crippen LogP contribution is 2.20. The van der Waals surface area contributed by atoms with Gasteiger partial charge in [-0.1, -0.05) is 33.6 Å². The first kappa shape index (κ1) is 21.2. The fraction of sp³-hybridized carbons (Fsp3) is 0.947. The molecule has 0 aromatic heterocycles. The minimum Gasteiger partial charge on any atom is -0.388 e. The van der Waals surface area contributed by atoms with Gasteiger partial charge in [0.25, 0.3) is 0 Å². The second kappa shape index (κ2) is 11.7. The zero-order valence-corrected chi connectivity index (χ0v) is 16.4. The number of nitrogens with zero attached hydrogens (tertiary/aromatic N) is 2. The van der Waals surface area contributed by atoms with Crippen LogP contribution in [0.2, 0.25) is 0 Å². The summed E-state index contributed by atoms with van der Waals surface area (Å²) in [6, 6.07) is 0. The van der Waals surface area contributed by atoms with Gasteiger partial charge >= 0.3 is 0 Å². The molecule has 1 aliphatic heterocycles. The van der Waals surface area contributed by atoms with Crippen molar-refractivity contribution in [3.63, 3.8) is 0 Å². The highest BCUT2D eigenvalue weighted by atomic mass is 16.3. The van der Waals surface area contributed by atoms with Gasteiger partial charge in [0.15, 0.2) is 5.96 Å². The lowest BCUT2D eigenvalue weighted by Crippen LogP contribution is -2.42. The van der Waals surface area contributed by atoms with E-state index in [-0.39, 0.29) is 0 Å². The van der Waals surface area contributed by atoms with Crippen molar-refractivity contribution in [3.05, 3.63) is 0 Å². The van der Waals surface area contributed by atoms with Crippen molar-refractivity contribution < 1.29 is 5.11 Å². The largest absolute Gasteiger partial charge is 0.388 e. The summed E-state index contributed by atoms with van der Waals surface area (Å²) in [6.07, 6.45) is 6.12. The minimum atomic E-state index is -0.656. The average Bonchev–Trinajstić information content (AvgIpc) is 2.99. The molecule has 1 atom stereocenters. The van der Waals surface area contributed by atoms with E-state index in [1.807, 2.05) is 0 Å². The quantitative estimate of drug-likeness (QED) is 0.400. The molecule has 0 aromatic rings. The summed E-state index contributed by atoms with van der Waals surface area (Å²) in [5, 5.41) is 17.5. The minimum absolute atomic E-state index is 0.483. The molecule has 1 heterocycles. The maximum Gasteiger partial charge on any atom is 0.191 e. The van der Waals surface area contributed by atoms with E-state index in [9.17, 15) is 5.11 Å². The number of aliphatic hydroxyl groups is 1. The first-order chi connectivity index (χ1) is 11.6. The number of hydrogen-bond acceptors (Lipinski definition) is 3. The van der Waals surface area contributed by atoms with E-state index < -0.39 is 5.60 Å². The van der Waals surface area contributed by atoms with Gasteiger partial charge < -0.3 is 20.6 Å². The summed E-state index contributed by atoms with van der Waals surface area (Å²) in [7, 11) is 0. The molecule has 0 bridgehead atoms. The van der Waals surface area contributed by atoms with Gasteiger partial charge in [-0.15, -0.1) is 0 Å². The van der Waals surface area contributed by atoms with Gasteiger partial charge in [-0.25, -0.2) is 0 Å². The summed E-state index contributed by atoms with van der Waals surface area (Å²) < 4.78 is 0. The van der Waals surface area contributed by atoms with Crippen LogP contribution in [-0.2, 0) is 0 Å². The third-order valence-electron chi connectivity index (χ3n) is 4.77. The molecule has 0 aliphatic carbocycles. The van der Waals surface area contributed by atoms with Crippen LogP contribution in [0.3, 0.4) is 0 Å². The molecule has 1 saturated heterocycles. The number of nitrogens with one attached hydrogen (secondary N) is 2. The van der Waals surface area contributed by atoms with Crippen molar-refractivity contribution in [2.45, 2.75) is 71.8 Å². The predicted octanol–water partition coefficient (Wildman–Crippen LogP) is 2.60. The van der Waals surface area contributed by atoms with Crippen LogP contribution >= 0.6 is 0 Å². The Kier molecular flexibility index (Phi) is 10.3. The first-order valence-electron chi connectivity index (χ1n) is 10.0. The highest BCUT2D eigenvalue weighted by Gasteiger charge is 2.25. The molecule has 0 spiro atoms. The molecule has 1 rings (SSSR count). The van der Waals surface area contributed by atoms with E-state index in [1.54, 1.807) is 0 Å². The van der Waals surface area contributed by atoms with Crippen molar-refractivity contribution in [2.24, 2.45) is 10.9 Å². The Morgan fingerprint density at radius 2 is 1.83 bits per heavy atom. The number of aliphatic imine (C=N–C) groups is 1. The van der Waals surface area contributed by atoms with E-state index >= 15 is 0 Å². The molecular formula is C19H40N4O. The van der Waals surface area contributed by atoms with Crippen molar-refractivity contribution in [1.29, 1.82) is 0 Å². The van der Waals surface area contributed by atoms with Crippen LogP contribution in [0.25, 0.3) is 0 Å². The van der Waals surface area contributed by atoms with Gasteiger partial charge in [0.2, 0.25) is 0 Å². The maximum absolute atomic E-state index is 10.7. The van der Waals surface area contributed by atoms with Gasteiger partial charge in [0.1, 0.15) is 0 Å². The number of guanidine groups is 1. The molecule has 0 saturated carbocycles. The third-order valence-corrected chi connectivity index (χ3v) is 4.77. The molecule has 0 aromatic carbocycles. The molecule has 1 aliphatic rings. The van der Waals surface area contributed by atoms with Gasteiger partial charge in [-0.2, -0.15) is 0 Å². The number of rotatable bonds is 11. The normalized spacial score (nSPS) is 19.7. The predicted molar refractivity (Wildman–Crippen MR) is 104 cm³/mol. The van der Waals surface area contributed by atoms with Crippen LogP contribution in [0, 0.1) is 5.92 Å². The van der Waals surface area contributed by atoms with E-state index in [2.05, 4.69) is 48.2 Å². The standard InChI is InChI=1S/C19H40N4O/c1-5-10-19(24,11-6-2)16-22-18(20-8-4)21-14-17-9-13-23(15-17)12-7-3/h17,24H,5-16H2,1-4H3,(H2,20,21,22).